The molecule has 1 saturated carbocycles. The minimum atomic E-state index is -0.253. The molecule has 98 valence electrons. The molecule has 18 heavy (non-hydrogen) atoms. The summed E-state index contributed by atoms with van der Waals surface area (Å²) in [5, 5.41) is 12.0. The van der Waals surface area contributed by atoms with Gasteiger partial charge in [-0.05, 0) is 51.0 Å². The standard InChI is InChI=1S/C14H19NO3/c1-9(2)18-13-5-3-10(4-6-13)14(17)15-11-7-12(16)8-11/h3-6,9,11-12,16H,7-8H2,1-2H3,(H,15,17). The van der Waals surface area contributed by atoms with E-state index in [4.69, 9.17) is 9.84 Å². The molecule has 0 aliphatic heterocycles. The molecule has 4 heteroatoms. The van der Waals surface area contributed by atoms with E-state index in [2.05, 4.69) is 5.32 Å². The largest absolute Gasteiger partial charge is 0.491 e. The summed E-state index contributed by atoms with van der Waals surface area (Å²) in [6, 6.07) is 7.21. The maximum absolute atomic E-state index is 11.9. The van der Waals surface area contributed by atoms with Crippen LogP contribution in [0.1, 0.15) is 37.0 Å². The molecule has 1 aliphatic carbocycles. The highest BCUT2D eigenvalue weighted by Gasteiger charge is 2.28. The van der Waals surface area contributed by atoms with E-state index in [0.29, 0.717) is 18.4 Å². The lowest BCUT2D eigenvalue weighted by atomic mass is 9.89. The molecule has 0 atom stereocenters. The van der Waals surface area contributed by atoms with Crippen molar-refractivity contribution >= 4 is 5.91 Å². The van der Waals surface area contributed by atoms with Crippen molar-refractivity contribution in [2.24, 2.45) is 0 Å². The molecule has 1 aliphatic rings. The van der Waals surface area contributed by atoms with Crippen LogP contribution in [0.5, 0.6) is 5.75 Å². The Kier molecular flexibility index (Phi) is 3.87. The lowest BCUT2D eigenvalue weighted by molar-refractivity contribution is 0.0562. The summed E-state index contributed by atoms with van der Waals surface area (Å²) in [6.07, 6.45) is 1.18. The van der Waals surface area contributed by atoms with Crippen LogP contribution >= 0.6 is 0 Å². The molecular formula is C14H19NO3. The lowest BCUT2D eigenvalue weighted by Gasteiger charge is -2.31. The summed E-state index contributed by atoms with van der Waals surface area (Å²) in [4.78, 5) is 11.9. The highest BCUT2D eigenvalue weighted by molar-refractivity contribution is 5.94. The van der Waals surface area contributed by atoms with E-state index in [1.807, 2.05) is 13.8 Å². The minimum absolute atomic E-state index is 0.0944. The van der Waals surface area contributed by atoms with Gasteiger partial charge in [-0.1, -0.05) is 0 Å². The van der Waals surface area contributed by atoms with E-state index in [0.717, 1.165) is 5.75 Å². The Hall–Kier alpha value is -1.55. The summed E-state index contributed by atoms with van der Waals surface area (Å²) in [7, 11) is 0. The van der Waals surface area contributed by atoms with Gasteiger partial charge in [0.15, 0.2) is 0 Å². The van der Waals surface area contributed by atoms with E-state index >= 15 is 0 Å². The molecule has 0 spiro atoms. The van der Waals surface area contributed by atoms with E-state index < -0.39 is 0 Å². The molecule has 0 unspecified atom stereocenters. The number of benzene rings is 1. The average molecular weight is 249 g/mol. The number of nitrogens with one attached hydrogen (secondary N) is 1. The summed E-state index contributed by atoms with van der Waals surface area (Å²) in [6.45, 7) is 3.92. The number of ether oxygens (including phenoxy) is 1. The van der Waals surface area contributed by atoms with Gasteiger partial charge in [-0.3, -0.25) is 4.79 Å². The molecule has 1 amide bonds. The van der Waals surface area contributed by atoms with Crippen LogP contribution in [0.15, 0.2) is 24.3 Å². The summed E-state index contributed by atoms with van der Waals surface area (Å²) in [5.74, 6) is 0.670. The van der Waals surface area contributed by atoms with Gasteiger partial charge in [-0.25, -0.2) is 0 Å². The second-order valence-corrected chi connectivity index (χ2v) is 4.99. The Morgan fingerprint density at radius 1 is 1.33 bits per heavy atom. The molecule has 0 bridgehead atoms. The van der Waals surface area contributed by atoms with Crippen molar-refractivity contribution in [3.05, 3.63) is 29.8 Å². The van der Waals surface area contributed by atoms with Gasteiger partial charge in [0.1, 0.15) is 5.75 Å². The van der Waals surface area contributed by atoms with Crippen LogP contribution in [0, 0.1) is 0 Å². The monoisotopic (exact) mass is 249 g/mol. The summed E-state index contributed by atoms with van der Waals surface area (Å²) in [5.41, 5.74) is 0.618. The predicted molar refractivity (Wildman–Crippen MR) is 68.7 cm³/mol. The van der Waals surface area contributed by atoms with E-state index in [9.17, 15) is 4.79 Å². The summed E-state index contributed by atoms with van der Waals surface area (Å²) < 4.78 is 5.51. The molecule has 2 N–H and O–H groups in total. The maximum Gasteiger partial charge on any atom is 0.251 e. The smallest absolute Gasteiger partial charge is 0.251 e. The van der Waals surface area contributed by atoms with Crippen LogP contribution in [0.2, 0.25) is 0 Å². The highest BCUT2D eigenvalue weighted by atomic mass is 16.5. The number of carbonyl (C=O) groups is 1. The Morgan fingerprint density at radius 3 is 2.44 bits per heavy atom. The van der Waals surface area contributed by atoms with Gasteiger partial charge >= 0.3 is 0 Å². The lowest BCUT2D eigenvalue weighted by Crippen LogP contribution is -2.46. The zero-order valence-electron chi connectivity index (χ0n) is 10.7. The molecule has 1 fully saturated rings. The first-order valence-corrected chi connectivity index (χ1v) is 6.30. The number of hydrogen-bond donors (Lipinski definition) is 2. The van der Waals surface area contributed by atoms with E-state index in [-0.39, 0.29) is 24.2 Å². The summed E-state index contributed by atoms with van der Waals surface area (Å²) >= 11 is 0. The van der Waals surface area contributed by atoms with Crippen molar-refractivity contribution < 1.29 is 14.6 Å². The Balaban J connectivity index is 1.90. The fourth-order valence-corrected chi connectivity index (χ4v) is 1.93. The van der Waals surface area contributed by atoms with Crippen LogP contribution in [-0.2, 0) is 0 Å². The van der Waals surface area contributed by atoms with Gasteiger partial charge in [0.2, 0.25) is 0 Å². The first-order valence-electron chi connectivity index (χ1n) is 6.30. The van der Waals surface area contributed by atoms with Crippen molar-refractivity contribution in [2.75, 3.05) is 0 Å². The molecule has 4 nitrogen and oxygen atoms in total. The van der Waals surface area contributed by atoms with Gasteiger partial charge in [-0.2, -0.15) is 0 Å². The number of rotatable bonds is 4. The number of aliphatic hydroxyl groups is 1. The van der Waals surface area contributed by atoms with Crippen molar-refractivity contribution in [2.45, 2.75) is 44.9 Å². The predicted octanol–water partition coefficient (Wildman–Crippen LogP) is 1.73. The SMILES string of the molecule is CC(C)Oc1ccc(C(=O)NC2CC(O)C2)cc1. The number of aliphatic hydroxyl groups excluding tert-OH is 1. The van der Waals surface area contributed by atoms with Gasteiger partial charge in [0, 0.05) is 11.6 Å². The number of carbonyl (C=O) groups excluding carboxylic acids is 1. The van der Waals surface area contributed by atoms with Crippen LogP contribution < -0.4 is 10.1 Å². The molecule has 2 rings (SSSR count). The molecule has 0 aromatic heterocycles. The Bertz CT molecular complexity index is 408. The molecule has 1 aromatic carbocycles. The third-order valence-electron chi connectivity index (χ3n) is 2.94. The van der Waals surface area contributed by atoms with Gasteiger partial charge in [0.05, 0.1) is 12.2 Å². The van der Waals surface area contributed by atoms with E-state index in [1.165, 1.54) is 0 Å². The van der Waals surface area contributed by atoms with Crippen LogP contribution in [0.4, 0.5) is 0 Å². The Labute approximate surface area is 107 Å². The molecule has 0 saturated heterocycles. The third kappa shape index (κ3) is 3.23. The van der Waals surface area contributed by atoms with Crippen molar-refractivity contribution in [3.63, 3.8) is 0 Å². The topological polar surface area (TPSA) is 58.6 Å². The minimum Gasteiger partial charge on any atom is -0.491 e. The first kappa shape index (κ1) is 12.9. The van der Waals surface area contributed by atoms with Crippen LogP contribution in [0.3, 0.4) is 0 Å². The van der Waals surface area contributed by atoms with Crippen molar-refractivity contribution in [3.8, 4) is 5.75 Å². The van der Waals surface area contributed by atoms with Gasteiger partial charge in [-0.15, -0.1) is 0 Å². The fraction of sp³-hybridized carbons (Fsp3) is 0.500. The molecule has 0 radical (unpaired) electrons. The molecule has 0 heterocycles. The highest BCUT2D eigenvalue weighted by Crippen LogP contribution is 2.20. The maximum atomic E-state index is 11.9. The van der Waals surface area contributed by atoms with Gasteiger partial charge in [0.25, 0.3) is 5.91 Å². The third-order valence-corrected chi connectivity index (χ3v) is 2.94. The number of amides is 1. The number of hydrogen-bond acceptors (Lipinski definition) is 3. The van der Waals surface area contributed by atoms with Crippen molar-refractivity contribution in [1.82, 2.24) is 5.32 Å². The second-order valence-electron chi connectivity index (χ2n) is 4.99. The quantitative estimate of drug-likeness (QED) is 0.854. The molecule has 1 aromatic rings. The van der Waals surface area contributed by atoms with Crippen molar-refractivity contribution in [1.29, 1.82) is 0 Å². The second kappa shape index (κ2) is 5.40. The average Bonchev–Trinajstić information content (AvgIpc) is 2.27. The van der Waals surface area contributed by atoms with E-state index in [1.54, 1.807) is 24.3 Å². The van der Waals surface area contributed by atoms with Crippen LogP contribution in [-0.4, -0.2) is 29.3 Å². The fourth-order valence-electron chi connectivity index (χ4n) is 1.93. The zero-order chi connectivity index (χ0) is 13.1. The Morgan fingerprint density at radius 2 is 1.94 bits per heavy atom. The normalized spacial score (nSPS) is 22.4. The molecular weight excluding hydrogens is 230 g/mol. The van der Waals surface area contributed by atoms with Crippen LogP contribution in [0.25, 0.3) is 0 Å². The first-order chi connectivity index (χ1) is 8.54. The zero-order valence-corrected chi connectivity index (χ0v) is 10.7. The van der Waals surface area contributed by atoms with Gasteiger partial charge < -0.3 is 15.2 Å².